The van der Waals surface area contributed by atoms with Gasteiger partial charge in [-0.05, 0) is 13.0 Å². The van der Waals surface area contributed by atoms with Crippen LogP contribution in [0.1, 0.15) is 11.4 Å². The molecular weight excluding hydrogens is 238 g/mol. The minimum Gasteiger partial charge on any atom is -0.399 e. The van der Waals surface area contributed by atoms with Crippen molar-refractivity contribution in [1.29, 1.82) is 0 Å². The molecule has 6 heteroatoms. The van der Waals surface area contributed by atoms with E-state index in [0.717, 1.165) is 11.4 Å². The van der Waals surface area contributed by atoms with Gasteiger partial charge >= 0.3 is 0 Å². The smallest absolute Gasteiger partial charge is 0.133 e. The van der Waals surface area contributed by atoms with Gasteiger partial charge in [-0.3, -0.25) is 9.97 Å². The SMILES string of the molecule is Cc1cnc(CNc2cc(N)cc(Cl)n2)cn1. The largest absolute Gasteiger partial charge is 0.399 e. The van der Waals surface area contributed by atoms with E-state index in [1.165, 1.54) is 0 Å². The summed E-state index contributed by atoms with van der Waals surface area (Å²) in [6.45, 7) is 2.42. The monoisotopic (exact) mass is 249 g/mol. The highest BCUT2D eigenvalue weighted by Crippen LogP contribution is 2.16. The molecule has 0 aliphatic heterocycles. The second kappa shape index (κ2) is 4.97. The van der Waals surface area contributed by atoms with Gasteiger partial charge in [-0.2, -0.15) is 0 Å². The first-order chi connectivity index (χ1) is 8.13. The lowest BCUT2D eigenvalue weighted by molar-refractivity contribution is 0.977. The summed E-state index contributed by atoms with van der Waals surface area (Å²) in [6.07, 6.45) is 3.44. The molecule has 2 aromatic heterocycles. The number of nitrogens with one attached hydrogen (secondary N) is 1. The zero-order valence-electron chi connectivity index (χ0n) is 9.31. The number of aryl methyl sites for hydroxylation is 1. The van der Waals surface area contributed by atoms with E-state index in [2.05, 4.69) is 20.3 Å². The summed E-state index contributed by atoms with van der Waals surface area (Å²) in [6, 6.07) is 3.31. The summed E-state index contributed by atoms with van der Waals surface area (Å²) in [5.74, 6) is 0.623. The van der Waals surface area contributed by atoms with E-state index in [9.17, 15) is 0 Å². The number of nitrogens with two attached hydrogens (primary N) is 1. The highest BCUT2D eigenvalue weighted by atomic mass is 35.5. The number of pyridine rings is 1. The van der Waals surface area contributed by atoms with Gasteiger partial charge in [0.2, 0.25) is 0 Å². The molecule has 3 N–H and O–H groups in total. The molecule has 0 aliphatic rings. The molecule has 0 atom stereocenters. The lowest BCUT2D eigenvalue weighted by atomic mass is 10.3. The van der Waals surface area contributed by atoms with Crippen molar-refractivity contribution < 1.29 is 0 Å². The van der Waals surface area contributed by atoms with Gasteiger partial charge < -0.3 is 11.1 Å². The van der Waals surface area contributed by atoms with Crippen LogP contribution < -0.4 is 11.1 Å². The summed E-state index contributed by atoms with van der Waals surface area (Å²) in [7, 11) is 0. The first-order valence-electron chi connectivity index (χ1n) is 5.08. The van der Waals surface area contributed by atoms with E-state index >= 15 is 0 Å². The Morgan fingerprint density at radius 3 is 2.76 bits per heavy atom. The summed E-state index contributed by atoms with van der Waals surface area (Å²) in [4.78, 5) is 12.5. The van der Waals surface area contributed by atoms with Crippen LogP contribution in [-0.4, -0.2) is 15.0 Å². The van der Waals surface area contributed by atoms with Gasteiger partial charge in [0.25, 0.3) is 0 Å². The summed E-state index contributed by atoms with van der Waals surface area (Å²) < 4.78 is 0. The molecule has 0 aliphatic carbocycles. The number of nitrogens with zero attached hydrogens (tertiary/aromatic N) is 3. The molecule has 0 unspecified atom stereocenters. The zero-order valence-corrected chi connectivity index (χ0v) is 10.1. The van der Waals surface area contributed by atoms with Gasteiger partial charge in [-0.15, -0.1) is 0 Å². The average Bonchev–Trinajstić information content (AvgIpc) is 2.27. The standard InChI is InChI=1S/C11H12ClN5/c1-7-4-15-9(5-14-7)6-16-11-3-8(13)2-10(12)17-11/h2-5H,6H2,1H3,(H3,13,16,17). The average molecular weight is 250 g/mol. The van der Waals surface area contributed by atoms with Gasteiger partial charge in [-0.25, -0.2) is 4.98 Å². The van der Waals surface area contributed by atoms with Crippen LogP contribution in [0.2, 0.25) is 5.15 Å². The molecule has 0 saturated heterocycles. The van der Waals surface area contributed by atoms with Crippen LogP contribution in [0.4, 0.5) is 11.5 Å². The number of aromatic nitrogens is 3. The fourth-order valence-corrected chi connectivity index (χ4v) is 1.52. The Morgan fingerprint density at radius 2 is 2.12 bits per heavy atom. The molecule has 5 nitrogen and oxygen atoms in total. The third-order valence-corrected chi connectivity index (χ3v) is 2.30. The normalized spacial score (nSPS) is 10.2. The molecule has 2 aromatic rings. The minimum absolute atomic E-state index is 0.363. The van der Waals surface area contributed by atoms with E-state index < -0.39 is 0 Å². The summed E-state index contributed by atoms with van der Waals surface area (Å²) in [5, 5.41) is 3.45. The van der Waals surface area contributed by atoms with E-state index in [1.54, 1.807) is 24.5 Å². The maximum absolute atomic E-state index is 5.79. The predicted molar refractivity (Wildman–Crippen MR) is 67.8 cm³/mol. The van der Waals surface area contributed by atoms with Crippen molar-refractivity contribution in [2.24, 2.45) is 0 Å². The van der Waals surface area contributed by atoms with Gasteiger partial charge in [0.05, 0.1) is 24.1 Å². The maximum Gasteiger partial charge on any atom is 0.133 e. The van der Waals surface area contributed by atoms with Crippen molar-refractivity contribution in [2.45, 2.75) is 13.5 Å². The molecule has 0 radical (unpaired) electrons. The highest BCUT2D eigenvalue weighted by Gasteiger charge is 2.00. The fraction of sp³-hybridized carbons (Fsp3) is 0.182. The quantitative estimate of drug-likeness (QED) is 0.814. The van der Waals surface area contributed by atoms with E-state index in [-0.39, 0.29) is 0 Å². The van der Waals surface area contributed by atoms with Crippen molar-refractivity contribution in [2.75, 3.05) is 11.1 Å². The van der Waals surface area contributed by atoms with Crippen molar-refractivity contribution in [3.63, 3.8) is 0 Å². The van der Waals surface area contributed by atoms with Crippen molar-refractivity contribution in [1.82, 2.24) is 15.0 Å². The molecule has 2 rings (SSSR count). The summed E-state index contributed by atoms with van der Waals surface area (Å²) >= 11 is 5.79. The second-order valence-corrected chi connectivity index (χ2v) is 4.00. The van der Waals surface area contributed by atoms with Crippen LogP contribution in [0, 0.1) is 6.92 Å². The van der Waals surface area contributed by atoms with E-state index in [1.807, 2.05) is 6.92 Å². The Labute approximate surface area is 104 Å². The predicted octanol–water partition coefficient (Wildman–Crippen LogP) is 2.03. The number of anilines is 2. The molecule has 2 heterocycles. The lowest BCUT2D eigenvalue weighted by Crippen LogP contribution is -2.04. The number of halogens is 1. The Morgan fingerprint density at radius 1 is 1.29 bits per heavy atom. The topological polar surface area (TPSA) is 76.7 Å². The Kier molecular flexibility index (Phi) is 3.39. The highest BCUT2D eigenvalue weighted by molar-refractivity contribution is 6.29. The Balaban J connectivity index is 2.04. The van der Waals surface area contributed by atoms with Crippen LogP contribution in [-0.2, 0) is 6.54 Å². The first-order valence-corrected chi connectivity index (χ1v) is 5.46. The molecule has 0 bridgehead atoms. The van der Waals surface area contributed by atoms with Crippen molar-refractivity contribution in [3.8, 4) is 0 Å². The molecular formula is C11H12ClN5. The van der Waals surface area contributed by atoms with E-state index in [4.69, 9.17) is 17.3 Å². The molecule has 0 aromatic carbocycles. The number of nitrogen functional groups attached to an aromatic ring is 1. The van der Waals surface area contributed by atoms with Gasteiger partial charge in [0.1, 0.15) is 11.0 Å². The van der Waals surface area contributed by atoms with Crippen LogP contribution in [0.25, 0.3) is 0 Å². The van der Waals surface area contributed by atoms with Gasteiger partial charge in [-0.1, -0.05) is 11.6 Å². The molecule has 0 amide bonds. The van der Waals surface area contributed by atoms with Crippen molar-refractivity contribution >= 4 is 23.1 Å². The number of hydrogen-bond acceptors (Lipinski definition) is 5. The fourth-order valence-electron chi connectivity index (χ4n) is 1.30. The van der Waals surface area contributed by atoms with Gasteiger partial charge in [0.15, 0.2) is 0 Å². The van der Waals surface area contributed by atoms with Crippen LogP contribution >= 0.6 is 11.6 Å². The summed E-state index contributed by atoms with van der Waals surface area (Å²) in [5.41, 5.74) is 7.95. The maximum atomic E-state index is 5.79. The Bertz CT molecular complexity index is 492. The number of rotatable bonds is 3. The number of hydrogen-bond donors (Lipinski definition) is 2. The molecule has 17 heavy (non-hydrogen) atoms. The second-order valence-electron chi connectivity index (χ2n) is 3.61. The lowest BCUT2D eigenvalue weighted by Gasteiger charge is -2.06. The Hall–Kier alpha value is -1.88. The third-order valence-electron chi connectivity index (χ3n) is 2.10. The third kappa shape index (κ3) is 3.29. The molecule has 0 fully saturated rings. The molecule has 0 saturated carbocycles. The van der Waals surface area contributed by atoms with Crippen LogP contribution in [0.15, 0.2) is 24.5 Å². The van der Waals surface area contributed by atoms with Crippen LogP contribution in [0.3, 0.4) is 0 Å². The van der Waals surface area contributed by atoms with Gasteiger partial charge in [0, 0.05) is 18.0 Å². The first kappa shape index (κ1) is 11.6. The zero-order chi connectivity index (χ0) is 12.3. The van der Waals surface area contributed by atoms with E-state index in [0.29, 0.717) is 23.2 Å². The van der Waals surface area contributed by atoms with Crippen LogP contribution in [0.5, 0.6) is 0 Å². The molecule has 0 spiro atoms. The minimum atomic E-state index is 0.363. The van der Waals surface area contributed by atoms with Crippen molar-refractivity contribution in [3.05, 3.63) is 41.1 Å². The molecule has 88 valence electrons.